The molecule has 0 aliphatic rings. The molecule has 5 nitrogen and oxygen atoms in total. The summed E-state index contributed by atoms with van der Waals surface area (Å²) in [6.07, 6.45) is 0.623. The molecule has 1 aromatic carbocycles. The van der Waals surface area contributed by atoms with Crippen LogP contribution in [0.25, 0.3) is 0 Å². The molecule has 1 aromatic rings. The van der Waals surface area contributed by atoms with E-state index in [1.165, 1.54) is 0 Å². The Kier molecular flexibility index (Phi) is 5.06. The Morgan fingerprint density at radius 3 is 2.21 bits per heavy atom. The van der Waals surface area contributed by atoms with Crippen LogP contribution in [0, 0.1) is 0 Å². The van der Waals surface area contributed by atoms with Gasteiger partial charge in [-0.1, -0.05) is 44.2 Å². The topological polar surface area (TPSA) is 92.4 Å². The van der Waals surface area contributed by atoms with Gasteiger partial charge in [0, 0.05) is 0 Å². The third kappa shape index (κ3) is 3.32. The highest BCUT2D eigenvalue weighted by molar-refractivity contribution is 5.90. The minimum atomic E-state index is -1.25. The van der Waals surface area contributed by atoms with Gasteiger partial charge in [-0.15, -0.1) is 0 Å². The molecule has 19 heavy (non-hydrogen) atoms. The second-order valence-electron chi connectivity index (χ2n) is 4.47. The molecule has 0 unspecified atom stereocenters. The Labute approximate surface area is 112 Å². The number of hydrogen-bond donors (Lipinski definition) is 3. The van der Waals surface area contributed by atoms with Crippen LogP contribution in [0.2, 0.25) is 0 Å². The van der Waals surface area contributed by atoms with Crippen molar-refractivity contribution in [3.05, 3.63) is 35.9 Å². The maximum atomic E-state index is 12.1. The van der Waals surface area contributed by atoms with Crippen LogP contribution in [0.3, 0.4) is 0 Å². The summed E-state index contributed by atoms with van der Waals surface area (Å²) in [6, 6.07) is 8.01. The fraction of sp³-hybridized carbons (Fsp3) is 0.429. The lowest BCUT2D eigenvalue weighted by molar-refractivity contribution is -0.148. The number of amides is 1. The average molecular weight is 264 g/mol. The van der Waals surface area contributed by atoms with E-state index in [4.69, 9.17) is 5.73 Å². The largest absolute Gasteiger partial charge is 0.480 e. The van der Waals surface area contributed by atoms with E-state index >= 15 is 0 Å². The minimum absolute atomic E-state index is 0.312. The summed E-state index contributed by atoms with van der Waals surface area (Å²) < 4.78 is 0. The zero-order chi connectivity index (χ0) is 14.5. The Balaban J connectivity index is 2.87. The first-order valence-corrected chi connectivity index (χ1v) is 6.32. The first-order valence-electron chi connectivity index (χ1n) is 6.32. The standard InChI is InChI=1S/C14H20N2O3/c1-3-14(4-2,13(18)19)16-12(17)11(15)10-8-6-5-7-9-10/h5-9,11H,3-4,15H2,1-2H3,(H,16,17)(H,18,19)/t11-/m1/s1. The summed E-state index contributed by atoms with van der Waals surface area (Å²) in [7, 11) is 0. The van der Waals surface area contributed by atoms with Gasteiger partial charge in [-0.2, -0.15) is 0 Å². The number of nitrogens with one attached hydrogen (secondary N) is 1. The van der Waals surface area contributed by atoms with Crippen LogP contribution in [0.4, 0.5) is 0 Å². The van der Waals surface area contributed by atoms with Gasteiger partial charge in [0.15, 0.2) is 0 Å². The maximum absolute atomic E-state index is 12.1. The number of rotatable bonds is 6. The molecular weight excluding hydrogens is 244 g/mol. The summed E-state index contributed by atoms with van der Waals surface area (Å²) >= 11 is 0. The molecular formula is C14H20N2O3. The number of nitrogens with two attached hydrogens (primary N) is 1. The molecule has 104 valence electrons. The molecule has 0 spiro atoms. The number of carboxylic acid groups (broad SMARTS) is 1. The van der Waals surface area contributed by atoms with Crippen LogP contribution in [-0.2, 0) is 9.59 Å². The molecule has 0 bridgehead atoms. The van der Waals surface area contributed by atoms with E-state index in [-0.39, 0.29) is 0 Å². The smallest absolute Gasteiger partial charge is 0.329 e. The highest BCUT2D eigenvalue weighted by atomic mass is 16.4. The Morgan fingerprint density at radius 1 is 1.26 bits per heavy atom. The summed E-state index contributed by atoms with van der Waals surface area (Å²) in [4.78, 5) is 23.4. The fourth-order valence-electron chi connectivity index (χ4n) is 1.91. The van der Waals surface area contributed by atoms with Gasteiger partial charge >= 0.3 is 5.97 Å². The van der Waals surface area contributed by atoms with E-state index in [2.05, 4.69) is 5.32 Å². The molecule has 0 saturated heterocycles. The van der Waals surface area contributed by atoms with Crippen molar-refractivity contribution in [3.63, 3.8) is 0 Å². The van der Waals surface area contributed by atoms with Gasteiger partial charge in [-0.25, -0.2) is 4.79 Å². The van der Waals surface area contributed by atoms with Crippen LogP contribution < -0.4 is 11.1 Å². The number of carbonyl (C=O) groups is 2. The monoisotopic (exact) mass is 264 g/mol. The summed E-state index contributed by atoms with van der Waals surface area (Å²) in [5.41, 5.74) is 5.26. The van der Waals surface area contributed by atoms with Crippen molar-refractivity contribution in [2.75, 3.05) is 0 Å². The van der Waals surface area contributed by atoms with Gasteiger partial charge in [0.2, 0.25) is 5.91 Å². The van der Waals surface area contributed by atoms with Crippen molar-refractivity contribution >= 4 is 11.9 Å². The second-order valence-corrected chi connectivity index (χ2v) is 4.47. The van der Waals surface area contributed by atoms with Gasteiger partial charge in [-0.3, -0.25) is 4.79 Å². The van der Waals surface area contributed by atoms with Gasteiger partial charge in [0.05, 0.1) is 0 Å². The fourth-order valence-corrected chi connectivity index (χ4v) is 1.91. The predicted molar refractivity (Wildman–Crippen MR) is 72.5 cm³/mol. The summed E-state index contributed by atoms with van der Waals surface area (Å²) in [5.74, 6) is -1.51. The Bertz CT molecular complexity index is 441. The third-order valence-electron chi connectivity index (χ3n) is 3.42. The van der Waals surface area contributed by atoms with Gasteiger partial charge in [0.1, 0.15) is 11.6 Å². The molecule has 0 aliphatic carbocycles. The van der Waals surface area contributed by atoms with Crippen molar-refractivity contribution in [2.24, 2.45) is 5.73 Å². The van der Waals surface area contributed by atoms with Crippen LogP contribution >= 0.6 is 0 Å². The van der Waals surface area contributed by atoms with Crippen molar-refractivity contribution in [1.29, 1.82) is 0 Å². The van der Waals surface area contributed by atoms with E-state index < -0.39 is 23.5 Å². The molecule has 0 saturated carbocycles. The second kappa shape index (κ2) is 6.33. The average Bonchev–Trinajstić information content (AvgIpc) is 2.44. The van der Waals surface area contributed by atoms with Crippen LogP contribution in [0.1, 0.15) is 38.3 Å². The molecule has 0 aliphatic heterocycles. The Morgan fingerprint density at radius 2 is 1.79 bits per heavy atom. The quantitative estimate of drug-likeness (QED) is 0.725. The number of hydrogen-bond acceptors (Lipinski definition) is 3. The van der Waals surface area contributed by atoms with Crippen LogP contribution in [0.15, 0.2) is 30.3 Å². The Hall–Kier alpha value is -1.88. The predicted octanol–water partition coefficient (Wildman–Crippen LogP) is 1.45. The zero-order valence-electron chi connectivity index (χ0n) is 11.2. The van der Waals surface area contributed by atoms with E-state index in [0.717, 1.165) is 0 Å². The lowest BCUT2D eigenvalue weighted by atomic mass is 9.92. The molecule has 4 N–H and O–H groups in total. The molecule has 0 fully saturated rings. The highest BCUT2D eigenvalue weighted by Gasteiger charge is 2.37. The summed E-state index contributed by atoms with van der Waals surface area (Å²) in [5, 5.41) is 11.8. The van der Waals surface area contributed by atoms with E-state index in [0.29, 0.717) is 18.4 Å². The SMILES string of the molecule is CCC(CC)(NC(=O)[C@H](N)c1ccccc1)C(=O)O. The number of benzene rings is 1. The van der Waals surface area contributed by atoms with E-state index in [1.54, 1.807) is 38.1 Å². The maximum Gasteiger partial charge on any atom is 0.329 e. The number of carbonyl (C=O) groups excluding carboxylic acids is 1. The van der Waals surface area contributed by atoms with Crippen molar-refractivity contribution in [2.45, 2.75) is 38.3 Å². The first kappa shape index (κ1) is 15.2. The van der Waals surface area contributed by atoms with Crippen LogP contribution in [-0.4, -0.2) is 22.5 Å². The van der Waals surface area contributed by atoms with Crippen molar-refractivity contribution in [3.8, 4) is 0 Å². The molecule has 0 aromatic heterocycles. The minimum Gasteiger partial charge on any atom is -0.480 e. The molecule has 0 heterocycles. The molecule has 1 amide bonds. The van der Waals surface area contributed by atoms with E-state index in [1.807, 2.05) is 6.07 Å². The molecule has 0 radical (unpaired) electrons. The van der Waals surface area contributed by atoms with Gasteiger partial charge < -0.3 is 16.2 Å². The van der Waals surface area contributed by atoms with E-state index in [9.17, 15) is 14.7 Å². The third-order valence-corrected chi connectivity index (χ3v) is 3.42. The number of carboxylic acids is 1. The van der Waals surface area contributed by atoms with Gasteiger partial charge in [0.25, 0.3) is 0 Å². The first-order chi connectivity index (χ1) is 8.96. The highest BCUT2D eigenvalue weighted by Crippen LogP contribution is 2.18. The normalized spacial score (nSPS) is 12.8. The van der Waals surface area contributed by atoms with Crippen LogP contribution in [0.5, 0.6) is 0 Å². The lowest BCUT2D eigenvalue weighted by Gasteiger charge is -2.29. The molecule has 5 heteroatoms. The van der Waals surface area contributed by atoms with Crippen molar-refractivity contribution in [1.82, 2.24) is 5.32 Å². The van der Waals surface area contributed by atoms with Crippen molar-refractivity contribution < 1.29 is 14.7 Å². The zero-order valence-corrected chi connectivity index (χ0v) is 11.2. The summed E-state index contributed by atoms with van der Waals surface area (Å²) in [6.45, 7) is 3.46. The number of aliphatic carboxylic acids is 1. The lowest BCUT2D eigenvalue weighted by Crippen LogP contribution is -2.55. The molecule has 1 rings (SSSR count). The molecule has 1 atom stereocenters. The van der Waals surface area contributed by atoms with Gasteiger partial charge in [-0.05, 0) is 18.4 Å².